The predicted molar refractivity (Wildman–Crippen MR) is 70.2 cm³/mol. The van der Waals surface area contributed by atoms with E-state index < -0.39 is 4.92 Å². The van der Waals surface area contributed by atoms with Crippen molar-refractivity contribution in [2.45, 2.75) is 5.16 Å². The fourth-order valence-corrected chi connectivity index (χ4v) is 2.04. The monoisotopic (exact) mass is 275 g/mol. The molecule has 2 aromatic rings. The van der Waals surface area contributed by atoms with E-state index in [1.54, 1.807) is 18.5 Å². The minimum atomic E-state index is -0.499. The lowest BCUT2D eigenvalue weighted by molar-refractivity contribution is -0.384. The third kappa shape index (κ3) is 3.59. The summed E-state index contributed by atoms with van der Waals surface area (Å²) in [6.07, 6.45) is 3.21. The molecule has 0 saturated heterocycles. The number of hydrogen-bond acceptors (Lipinski definition) is 6. The van der Waals surface area contributed by atoms with Crippen molar-refractivity contribution in [2.75, 3.05) is 5.75 Å². The molecule has 6 nitrogen and oxygen atoms in total. The zero-order chi connectivity index (χ0) is 13.7. The van der Waals surface area contributed by atoms with E-state index in [1.807, 2.05) is 0 Å². The first-order valence-electron chi connectivity index (χ1n) is 5.34. The lowest BCUT2D eigenvalue weighted by Crippen LogP contribution is -2.03. The fraction of sp³-hybridized carbons (Fsp3) is 0.0833. The Morgan fingerprint density at radius 1 is 1.21 bits per heavy atom. The second-order valence-electron chi connectivity index (χ2n) is 3.55. The van der Waals surface area contributed by atoms with Gasteiger partial charge in [-0.2, -0.15) is 0 Å². The van der Waals surface area contributed by atoms with Crippen LogP contribution in [0.25, 0.3) is 0 Å². The Morgan fingerprint density at radius 2 is 1.84 bits per heavy atom. The number of carbonyl (C=O) groups excluding carboxylic acids is 1. The van der Waals surface area contributed by atoms with Gasteiger partial charge in [-0.1, -0.05) is 11.8 Å². The molecule has 0 unspecified atom stereocenters. The van der Waals surface area contributed by atoms with Crippen LogP contribution in [-0.2, 0) is 0 Å². The molecule has 1 aromatic carbocycles. The highest BCUT2D eigenvalue weighted by Gasteiger charge is 2.10. The Bertz CT molecular complexity index is 587. The molecule has 0 spiro atoms. The van der Waals surface area contributed by atoms with Crippen LogP contribution in [0, 0.1) is 10.1 Å². The summed E-state index contributed by atoms with van der Waals surface area (Å²) >= 11 is 1.23. The van der Waals surface area contributed by atoms with Gasteiger partial charge in [-0.15, -0.1) is 0 Å². The van der Waals surface area contributed by atoms with Gasteiger partial charge < -0.3 is 0 Å². The van der Waals surface area contributed by atoms with Crippen LogP contribution in [0.15, 0.2) is 47.9 Å². The van der Waals surface area contributed by atoms with E-state index in [2.05, 4.69) is 9.97 Å². The Balaban J connectivity index is 1.98. The molecule has 7 heteroatoms. The molecule has 0 radical (unpaired) electrons. The van der Waals surface area contributed by atoms with Gasteiger partial charge in [0, 0.05) is 30.1 Å². The molecule has 0 bridgehead atoms. The third-order valence-electron chi connectivity index (χ3n) is 2.27. The highest BCUT2D eigenvalue weighted by Crippen LogP contribution is 2.16. The van der Waals surface area contributed by atoms with Crippen LogP contribution in [0.3, 0.4) is 0 Å². The number of nitro groups is 1. The molecule has 0 atom stereocenters. The lowest BCUT2D eigenvalue weighted by Gasteiger charge is -2.00. The Morgan fingerprint density at radius 3 is 2.42 bits per heavy atom. The van der Waals surface area contributed by atoms with Crippen molar-refractivity contribution in [3.05, 3.63) is 58.4 Å². The van der Waals surface area contributed by atoms with E-state index in [0.29, 0.717) is 10.7 Å². The summed E-state index contributed by atoms with van der Waals surface area (Å²) in [7, 11) is 0. The first-order valence-corrected chi connectivity index (χ1v) is 6.33. The Hall–Kier alpha value is -2.28. The molecule has 0 N–H and O–H groups in total. The van der Waals surface area contributed by atoms with Gasteiger partial charge in [-0.3, -0.25) is 14.9 Å². The summed E-state index contributed by atoms with van der Waals surface area (Å²) in [6, 6.07) is 7.23. The van der Waals surface area contributed by atoms with E-state index in [1.165, 1.54) is 36.0 Å². The fourth-order valence-electron chi connectivity index (χ4n) is 1.34. The molecule has 96 valence electrons. The van der Waals surface area contributed by atoms with Crippen molar-refractivity contribution in [3.63, 3.8) is 0 Å². The standard InChI is InChI=1S/C12H9N3O3S/c16-11(8-19-12-13-6-1-7-14-12)9-2-4-10(5-3-9)15(17)18/h1-7H,8H2. The van der Waals surface area contributed by atoms with E-state index in [0.717, 1.165) is 0 Å². The van der Waals surface area contributed by atoms with Crippen molar-refractivity contribution in [1.82, 2.24) is 9.97 Å². The van der Waals surface area contributed by atoms with Gasteiger partial charge in [0.05, 0.1) is 10.7 Å². The number of carbonyl (C=O) groups is 1. The highest BCUT2D eigenvalue weighted by atomic mass is 32.2. The smallest absolute Gasteiger partial charge is 0.269 e. The number of ketones is 1. The number of aromatic nitrogens is 2. The summed E-state index contributed by atoms with van der Waals surface area (Å²) < 4.78 is 0. The molecule has 0 fully saturated rings. The second kappa shape index (κ2) is 6.05. The van der Waals surface area contributed by atoms with Gasteiger partial charge in [-0.25, -0.2) is 9.97 Å². The van der Waals surface area contributed by atoms with Crippen LogP contribution in [0.1, 0.15) is 10.4 Å². The predicted octanol–water partition coefficient (Wildman–Crippen LogP) is 2.36. The molecule has 0 aliphatic carbocycles. The van der Waals surface area contributed by atoms with Gasteiger partial charge >= 0.3 is 0 Å². The number of nitrogens with zero attached hydrogens (tertiary/aromatic N) is 3. The largest absolute Gasteiger partial charge is 0.293 e. The Kier molecular flexibility index (Phi) is 4.19. The molecule has 0 aliphatic heterocycles. The van der Waals surface area contributed by atoms with Crippen molar-refractivity contribution in [2.24, 2.45) is 0 Å². The first kappa shape index (κ1) is 13.2. The van der Waals surface area contributed by atoms with Crippen LogP contribution < -0.4 is 0 Å². The second-order valence-corrected chi connectivity index (χ2v) is 4.49. The number of benzene rings is 1. The van der Waals surface area contributed by atoms with E-state index in [9.17, 15) is 14.9 Å². The summed E-state index contributed by atoms with van der Waals surface area (Å²) in [5.74, 6) is 0.0781. The summed E-state index contributed by atoms with van der Waals surface area (Å²) in [5, 5.41) is 11.0. The molecular formula is C12H9N3O3S. The zero-order valence-corrected chi connectivity index (χ0v) is 10.5. The minimum absolute atomic E-state index is 0.0319. The summed E-state index contributed by atoms with van der Waals surface area (Å²) in [4.78, 5) is 29.8. The van der Waals surface area contributed by atoms with Crippen LogP contribution in [0.4, 0.5) is 5.69 Å². The molecule has 2 rings (SSSR count). The summed E-state index contributed by atoms with van der Waals surface area (Å²) in [5.41, 5.74) is 0.407. The van der Waals surface area contributed by atoms with Crippen molar-refractivity contribution < 1.29 is 9.72 Å². The topological polar surface area (TPSA) is 86.0 Å². The number of thioether (sulfide) groups is 1. The maximum absolute atomic E-state index is 11.9. The molecule has 1 heterocycles. The van der Waals surface area contributed by atoms with Gasteiger partial charge in [0.25, 0.3) is 5.69 Å². The van der Waals surface area contributed by atoms with Gasteiger partial charge in [-0.05, 0) is 18.2 Å². The van der Waals surface area contributed by atoms with E-state index in [4.69, 9.17) is 0 Å². The molecular weight excluding hydrogens is 266 g/mol. The van der Waals surface area contributed by atoms with Crippen LogP contribution in [0.5, 0.6) is 0 Å². The SMILES string of the molecule is O=C(CSc1ncccn1)c1ccc([N+](=O)[O-])cc1. The maximum atomic E-state index is 11.9. The van der Waals surface area contributed by atoms with E-state index >= 15 is 0 Å². The normalized spacial score (nSPS) is 10.1. The quantitative estimate of drug-likeness (QED) is 0.274. The zero-order valence-electron chi connectivity index (χ0n) is 9.72. The van der Waals surface area contributed by atoms with Crippen LogP contribution in [-0.4, -0.2) is 26.4 Å². The molecule has 19 heavy (non-hydrogen) atoms. The Labute approximate surface area is 113 Å². The minimum Gasteiger partial charge on any atom is -0.293 e. The number of rotatable bonds is 5. The molecule has 1 aromatic heterocycles. The van der Waals surface area contributed by atoms with Crippen molar-refractivity contribution in [3.8, 4) is 0 Å². The van der Waals surface area contributed by atoms with Gasteiger partial charge in [0.15, 0.2) is 10.9 Å². The highest BCUT2D eigenvalue weighted by molar-refractivity contribution is 7.99. The van der Waals surface area contributed by atoms with Crippen LogP contribution >= 0.6 is 11.8 Å². The molecule has 0 amide bonds. The van der Waals surface area contributed by atoms with Gasteiger partial charge in [0.1, 0.15) is 0 Å². The number of nitro benzene ring substituents is 1. The lowest BCUT2D eigenvalue weighted by atomic mass is 10.1. The average Bonchev–Trinajstić information content (AvgIpc) is 2.46. The average molecular weight is 275 g/mol. The summed E-state index contributed by atoms with van der Waals surface area (Å²) in [6.45, 7) is 0. The first-order chi connectivity index (χ1) is 9.16. The van der Waals surface area contributed by atoms with Crippen molar-refractivity contribution in [1.29, 1.82) is 0 Å². The van der Waals surface area contributed by atoms with Crippen molar-refractivity contribution >= 4 is 23.2 Å². The molecule has 0 saturated carbocycles. The van der Waals surface area contributed by atoms with Gasteiger partial charge in [0.2, 0.25) is 0 Å². The maximum Gasteiger partial charge on any atom is 0.269 e. The van der Waals surface area contributed by atoms with Crippen LogP contribution in [0.2, 0.25) is 0 Å². The molecule has 0 aliphatic rings. The number of non-ortho nitro benzene ring substituents is 1. The van der Waals surface area contributed by atoms with E-state index in [-0.39, 0.29) is 17.2 Å². The number of hydrogen-bond donors (Lipinski definition) is 0. The third-order valence-corrected chi connectivity index (χ3v) is 3.15. The number of Topliss-reactive ketones (excluding diaryl/α,β-unsaturated/α-hetero) is 1.